The number of fused-ring (bicyclic) bond motifs is 2. The molecule has 2 aliphatic rings. The fourth-order valence-electron chi connectivity index (χ4n) is 4.99. The normalized spacial score (nSPS) is 20.5. The van der Waals surface area contributed by atoms with Crippen molar-refractivity contribution in [3.05, 3.63) is 64.2 Å². The number of benzene rings is 2. The summed E-state index contributed by atoms with van der Waals surface area (Å²) < 4.78 is 0. The molecule has 0 fully saturated rings. The zero-order valence-electron chi connectivity index (χ0n) is 17.7. The summed E-state index contributed by atoms with van der Waals surface area (Å²) in [4.78, 5) is 0. The molecular formula is C25H28N4. The van der Waals surface area contributed by atoms with Crippen molar-refractivity contribution in [1.82, 2.24) is 20.6 Å². The van der Waals surface area contributed by atoms with E-state index in [2.05, 4.69) is 90.8 Å². The molecule has 0 aliphatic heterocycles. The highest BCUT2D eigenvalue weighted by molar-refractivity contribution is 5.86. The molecule has 5 rings (SSSR count). The number of aromatic nitrogens is 4. The van der Waals surface area contributed by atoms with Crippen LogP contribution in [0.2, 0.25) is 0 Å². The number of nitrogens with zero attached hydrogens (tertiary/aromatic N) is 3. The molecule has 0 unspecified atom stereocenters. The molecule has 4 heteroatoms. The third kappa shape index (κ3) is 3.11. The molecule has 0 atom stereocenters. The molecule has 1 heterocycles. The Hall–Kier alpha value is -2.75. The number of H-pyrrole nitrogens is 1. The fraction of sp³-hybridized carbons (Fsp3) is 0.400. The standard InChI is InChI=1S/C25H28N4/c1-24(2)11-12-25(3,4)22-14-16(5-10-21(22)24)13-17-6-7-18-15-19(8-9-20(17)18)23-26-28-29-27-23/h5,8-10,13-15H,6-7,11-12H2,1-4H3,(H,26,27,28,29)/b17-13-. The van der Waals surface area contributed by atoms with Gasteiger partial charge in [-0.1, -0.05) is 64.1 Å². The zero-order chi connectivity index (χ0) is 20.2. The van der Waals surface area contributed by atoms with E-state index in [0.717, 1.165) is 18.4 Å². The summed E-state index contributed by atoms with van der Waals surface area (Å²) in [5, 5.41) is 14.4. The van der Waals surface area contributed by atoms with E-state index in [9.17, 15) is 0 Å². The largest absolute Gasteiger partial charge is 0.204 e. The van der Waals surface area contributed by atoms with E-state index in [1.165, 1.54) is 46.2 Å². The molecule has 0 saturated carbocycles. The van der Waals surface area contributed by atoms with E-state index in [-0.39, 0.29) is 10.8 Å². The Kier molecular flexibility index (Phi) is 4.02. The van der Waals surface area contributed by atoms with Crippen LogP contribution in [-0.4, -0.2) is 20.6 Å². The van der Waals surface area contributed by atoms with Gasteiger partial charge in [0.2, 0.25) is 5.82 Å². The molecule has 0 bridgehead atoms. The Bertz CT molecular complexity index is 1100. The first-order chi connectivity index (χ1) is 13.8. The Morgan fingerprint density at radius 3 is 2.45 bits per heavy atom. The van der Waals surface area contributed by atoms with E-state index < -0.39 is 0 Å². The van der Waals surface area contributed by atoms with Crippen LogP contribution in [-0.2, 0) is 17.3 Å². The van der Waals surface area contributed by atoms with Crippen molar-refractivity contribution in [2.45, 2.75) is 64.2 Å². The lowest BCUT2D eigenvalue weighted by atomic mass is 9.63. The van der Waals surface area contributed by atoms with Crippen molar-refractivity contribution in [3.8, 4) is 11.4 Å². The third-order valence-electron chi connectivity index (χ3n) is 6.94. The molecule has 0 amide bonds. The second-order valence-corrected chi connectivity index (χ2v) is 9.85. The molecule has 148 valence electrons. The smallest absolute Gasteiger partial charge is 0.177 e. The second kappa shape index (κ2) is 6.38. The lowest BCUT2D eigenvalue weighted by molar-refractivity contribution is 0.332. The van der Waals surface area contributed by atoms with Gasteiger partial charge in [0.05, 0.1) is 0 Å². The number of aromatic amines is 1. The molecule has 29 heavy (non-hydrogen) atoms. The van der Waals surface area contributed by atoms with Crippen molar-refractivity contribution in [1.29, 1.82) is 0 Å². The molecule has 1 N–H and O–H groups in total. The van der Waals surface area contributed by atoms with Crippen molar-refractivity contribution in [2.24, 2.45) is 0 Å². The van der Waals surface area contributed by atoms with Gasteiger partial charge in [-0.2, -0.15) is 5.21 Å². The van der Waals surface area contributed by atoms with Gasteiger partial charge in [-0.05, 0) is 81.2 Å². The maximum absolute atomic E-state index is 4.10. The number of nitrogens with one attached hydrogen (secondary N) is 1. The van der Waals surface area contributed by atoms with Crippen LogP contribution in [0.15, 0.2) is 36.4 Å². The van der Waals surface area contributed by atoms with Gasteiger partial charge in [-0.3, -0.25) is 0 Å². The minimum atomic E-state index is 0.243. The molecule has 2 aromatic carbocycles. The number of rotatable bonds is 2. The summed E-state index contributed by atoms with van der Waals surface area (Å²) in [6, 6.07) is 13.6. The van der Waals surface area contributed by atoms with Gasteiger partial charge in [0.25, 0.3) is 0 Å². The van der Waals surface area contributed by atoms with Gasteiger partial charge in [-0.25, -0.2) is 0 Å². The van der Waals surface area contributed by atoms with Crippen LogP contribution >= 0.6 is 0 Å². The molecule has 0 spiro atoms. The number of aryl methyl sites for hydroxylation is 1. The first-order valence-electron chi connectivity index (χ1n) is 10.6. The number of hydrogen-bond acceptors (Lipinski definition) is 3. The van der Waals surface area contributed by atoms with Crippen LogP contribution in [0.1, 0.15) is 74.8 Å². The monoisotopic (exact) mass is 384 g/mol. The van der Waals surface area contributed by atoms with Crippen LogP contribution < -0.4 is 0 Å². The lowest BCUT2D eigenvalue weighted by Gasteiger charge is -2.42. The first kappa shape index (κ1) is 18.3. The molecule has 4 nitrogen and oxygen atoms in total. The molecule has 0 radical (unpaired) electrons. The van der Waals surface area contributed by atoms with Crippen LogP contribution in [0.3, 0.4) is 0 Å². The van der Waals surface area contributed by atoms with E-state index in [1.807, 2.05) is 0 Å². The maximum Gasteiger partial charge on any atom is 0.204 e. The Balaban J connectivity index is 1.52. The average Bonchev–Trinajstić information content (AvgIpc) is 3.36. The Morgan fingerprint density at radius 1 is 0.897 bits per heavy atom. The molecule has 0 saturated heterocycles. The first-order valence-corrected chi connectivity index (χ1v) is 10.6. The van der Waals surface area contributed by atoms with Crippen molar-refractivity contribution < 1.29 is 0 Å². The van der Waals surface area contributed by atoms with E-state index in [1.54, 1.807) is 0 Å². The SMILES string of the molecule is CC1(C)CCC(C)(C)c2cc(/C=C3/CCc4cc(-c5nn[nH]n5)ccc43)ccc21. The van der Waals surface area contributed by atoms with Gasteiger partial charge >= 0.3 is 0 Å². The highest BCUT2D eigenvalue weighted by Crippen LogP contribution is 2.46. The van der Waals surface area contributed by atoms with Crippen molar-refractivity contribution in [2.75, 3.05) is 0 Å². The summed E-state index contributed by atoms with van der Waals surface area (Å²) in [6.07, 6.45) is 7.03. The molecule has 1 aromatic heterocycles. The number of hydrogen-bond donors (Lipinski definition) is 1. The summed E-state index contributed by atoms with van der Waals surface area (Å²) in [6.45, 7) is 9.55. The molecular weight excluding hydrogens is 356 g/mol. The summed E-state index contributed by atoms with van der Waals surface area (Å²) in [5.41, 5.74) is 10.0. The van der Waals surface area contributed by atoms with Crippen molar-refractivity contribution >= 4 is 11.6 Å². The fourth-order valence-corrected chi connectivity index (χ4v) is 4.99. The van der Waals surface area contributed by atoms with E-state index in [4.69, 9.17) is 0 Å². The van der Waals surface area contributed by atoms with Crippen LogP contribution in [0, 0.1) is 0 Å². The summed E-state index contributed by atoms with van der Waals surface area (Å²) >= 11 is 0. The summed E-state index contributed by atoms with van der Waals surface area (Å²) in [5.74, 6) is 0.657. The number of allylic oxidation sites excluding steroid dienone is 1. The quantitative estimate of drug-likeness (QED) is 0.616. The van der Waals surface area contributed by atoms with Crippen LogP contribution in [0.25, 0.3) is 23.0 Å². The van der Waals surface area contributed by atoms with Gasteiger partial charge in [0.15, 0.2) is 0 Å². The predicted molar refractivity (Wildman–Crippen MR) is 118 cm³/mol. The van der Waals surface area contributed by atoms with Gasteiger partial charge in [-0.15, -0.1) is 10.2 Å². The van der Waals surface area contributed by atoms with E-state index in [0.29, 0.717) is 5.82 Å². The highest BCUT2D eigenvalue weighted by Gasteiger charge is 2.36. The van der Waals surface area contributed by atoms with Crippen LogP contribution in [0.5, 0.6) is 0 Å². The van der Waals surface area contributed by atoms with E-state index >= 15 is 0 Å². The zero-order valence-corrected chi connectivity index (χ0v) is 17.7. The minimum Gasteiger partial charge on any atom is -0.177 e. The molecule has 2 aliphatic carbocycles. The second-order valence-electron chi connectivity index (χ2n) is 9.85. The topological polar surface area (TPSA) is 54.5 Å². The summed E-state index contributed by atoms with van der Waals surface area (Å²) in [7, 11) is 0. The molecule has 3 aromatic rings. The predicted octanol–water partition coefficient (Wildman–Crippen LogP) is 5.70. The Labute approximate surface area is 172 Å². The van der Waals surface area contributed by atoms with Gasteiger partial charge < -0.3 is 0 Å². The van der Waals surface area contributed by atoms with Gasteiger partial charge in [0.1, 0.15) is 0 Å². The minimum absolute atomic E-state index is 0.243. The average molecular weight is 385 g/mol. The lowest BCUT2D eigenvalue weighted by Crippen LogP contribution is -2.33. The maximum atomic E-state index is 4.10. The third-order valence-corrected chi connectivity index (χ3v) is 6.94. The Morgan fingerprint density at radius 2 is 1.69 bits per heavy atom. The highest BCUT2D eigenvalue weighted by atomic mass is 15.5. The van der Waals surface area contributed by atoms with Gasteiger partial charge in [0, 0.05) is 5.56 Å². The number of tetrazole rings is 1. The van der Waals surface area contributed by atoms with Crippen molar-refractivity contribution in [3.63, 3.8) is 0 Å². The van der Waals surface area contributed by atoms with Crippen LogP contribution in [0.4, 0.5) is 0 Å².